The molecule has 0 aliphatic carbocycles. The van der Waals surface area contributed by atoms with E-state index in [0.717, 1.165) is 11.1 Å². The van der Waals surface area contributed by atoms with Crippen LogP contribution in [-0.4, -0.2) is 15.9 Å². The van der Waals surface area contributed by atoms with E-state index in [0.29, 0.717) is 39.8 Å². The SMILES string of the molecule is NC(=O)CCc1cccc(C#Cc2cncnc2Nc2ccc(OCc3cccc(F)c3)c(Cl)c2)c1. The maximum Gasteiger partial charge on any atom is 0.217 e. The van der Waals surface area contributed by atoms with Gasteiger partial charge in [-0.15, -0.1) is 0 Å². The number of hydrogen-bond acceptors (Lipinski definition) is 5. The van der Waals surface area contributed by atoms with Crippen molar-refractivity contribution >= 4 is 29.0 Å². The van der Waals surface area contributed by atoms with Crippen LogP contribution in [0.4, 0.5) is 15.9 Å². The highest BCUT2D eigenvalue weighted by Gasteiger charge is 2.07. The maximum atomic E-state index is 13.4. The summed E-state index contributed by atoms with van der Waals surface area (Å²) in [5.41, 5.74) is 9.02. The average molecular weight is 501 g/mol. The normalized spacial score (nSPS) is 10.3. The first-order valence-electron chi connectivity index (χ1n) is 11.1. The minimum absolute atomic E-state index is 0.194. The summed E-state index contributed by atoms with van der Waals surface area (Å²) < 4.78 is 19.1. The number of nitrogens with one attached hydrogen (secondary N) is 1. The van der Waals surface area contributed by atoms with E-state index in [1.165, 1.54) is 18.5 Å². The van der Waals surface area contributed by atoms with Crippen molar-refractivity contribution in [1.82, 2.24) is 9.97 Å². The van der Waals surface area contributed by atoms with Gasteiger partial charge in [0, 0.05) is 23.9 Å². The van der Waals surface area contributed by atoms with E-state index in [1.807, 2.05) is 24.3 Å². The third kappa shape index (κ3) is 7.05. The summed E-state index contributed by atoms with van der Waals surface area (Å²) in [4.78, 5) is 19.4. The number of nitrogens with zero attached hydrogens (tertiary/aromatic N) is 2. The van der Waals surface area contributed by atoms with E-state index in [9.17, 15) is 9.18 Å². The van der Waals surface area contributed by atoms with Crippen LogP contribution in [0.2, 0.25) is 5.02 Å². The van der Waals surface area contributed by atoms with Crippen molar-refractivity contribution < 1.29 is 13.9 Å². The van der Waals surface area contributed by atoms with Crippen molar-refractivity contribution in [2.24, 2.45) is 5.73 Å². The number of nitrogens with two attached hydrogens (primary N) is 1. The summed E-state index contributed by atoms with van der Waals surface area (Å²) in [6.45, 7) is 0.194. The Bertz CT molecular complexity index is 1450. The molecule has 0 spiro atoms. The second-order valence-corrected chi connectivity index (χ2v) is 8.30. The van der Waals surface area contributed by atoms with Crippen LogP contribution in [0.25, 0.3) is 0 Å². The molecule has 4 rings (SSSR count). The Morgan fingerprint density at radius 1 is 1.06 bits per heavy atom. The molecule has 6 nitrogen and oxygen atoms in total. The molecule has 0 saturated heterocycles. The molecule has 4 aromatic rings. The molecule has 0 radical (unpaired) electrons. The number of benzene rings is 3. The number of anilines is 2. The van der Waals surface area contributed by atoms with Crippen molar-refractivity contribution in [1.29, 1.82) is 0 Å². The van der Waals surface area contributed by atoms with Crippen LogP contribution >= 0.6 is 11.6 Å². The molecule has 180 valence electrons. The van der Waals surface area contributed by atoms with Crippen molar-refractivity contribution in [3.63, 3.8) is 0 Å². The number of aromatic nitrogens is 2. The molecule has 1 heterocycles. The van der Waals surface area contributed by atoms with Gasteiger partial charge in [0.2, 0.25) is 5.91 Å². The van der Waals surface area contributed by atoms with Crippen molar-refractivity contribution in [3.05, 3.63) is 112 Å². The van der Waals surface area contributed by atoms with Crippen molar-refractivity contribution in [3.8, 4) is 17.6 Å². The molecule has 3 N–H and O–H groups in total. The molecule has 3 aromatic carbocycles. The van der Waals surface area contributed by atoms with Crippen LogP contribution < -0.4 is 15.8 Å². The highest BCUT2D eigenvalue weighted by Crippen LogP contribution is 2.30. The summed E-state index contributed by atoms with van der Waals surface area (Å²) >= 11 is 6.41. The minimum Gasteiger partial charge on any atom is -0.487 e. The second-order valence-electron chi connectivity index (χ2n) is 7.89. The maximum absolute atomic E-state index is 13.4. The molecule has 0 aliphatic rings. The third-order valence-corrected chi connectivity index (χ3v) is 5.41. The van der Waals surface area contributed by atoms with Crippen LogP contribution in [-0.2, 0) is 17.8 Å². The van der Waals surface area contributed by atoms with Crippen LogP contribution in [0.3, 0.4) is 0 Å². The van der Waals surface area contributed by atoms with Crippen molar-refractivity contribution in [2.75, 3.05) is 5.32 Å². The number of amides is 1. The number of carbonyl (C=O) groups excluding carboxylic acids is 1. The number of carbonyl (C=O) groups is 1. The first-order chi connectivity index (χ1) is 17.5. The zero-order chi connectivity index (χ0) is 25.3. The number of aryl methyl sites for hydroxylation is 1. The van der Waals surface area contributed by atoms with Gasteiger partial charge < -0.3 is 15.8 Å². The second kappa shape index (κ2) is 11.8. The van der Waals surface area contributed by atoms with Gasteiger partial charge in [-0.3, -0.25) is 4.79 Å². The third-order valence-electron chi connectivity index (χ3n) is 5.12. The molecule has 0 atom stereocenters. The van der Waals surface area contributed by atoms with Crippen molar-refractivity contribution in [2.45, 2.75) is 19.4 Å². The van der Waals surface area contributed by atoms with Crippen LogP contribution in [0.1, 0.15) is 28.7 Å². The Kier molecular flexibility index (Phi) is 8.12. The molecule has 1 amide bonds. The fourth-order valence-electron chi connectivity index (χ4n) is 3.35. The molecule has 36 heavy (non-hydrogen) atoms. The van der Waals surface area contributed by atoms with Gasteiger partial charge in [-0.1, -0.05) is 47.7 Å². The lowest BCUT2D eigenvalue weighted by Crippen LogP contribution is -2.11. The average Bonchev–Trinajstić information content (AvgIpc) is 2.87. The summed E-state index contributed by atoms with van der Waals surface area (Å²) in [5.74, 6) is 6.55. The fraction of sp³-hybridized carbons (Fsp3) is 0.107. The molecule has 0 unspecified atom stereocenters. The highest BCUT2D eigenvalue weighted by molar-refractivity contribution is 6.32. The molecule has 0 fully saturated rings. The fourth-order valence-corrected chi connectivity index (χ4v) is 3.59. The van der Waals surface area contributed by atoms with E-state index in [4.69, 9.17) is 22.1 Å². The van der Waals surface area contributed by atoms with Crippen LogP contribution in [0.5, 0.6) is 5.75 Å². The Hall–Kier alpha value is -4.41. The lowest BCUT2D eigenvalue weighted by Gasteiger charge is -2.11. The molecule has 1 aromatic heterocycles. The van der Waals surface area contributed by atoms with E-state index in [1.54, 1.807) is 36.5 Å². The zero-order valence-corrected chi connectivity index (χ0v) is 19.9. The number of ether oxygens (including phenoxy) is 1. The first kappa shape index (κ1) is 24.7. The van der Waals surface area contributed by atoms with Gasteiger partial charge in [0.25, 0.3) is 0 Å². The monoisotopic (exact) mass is 500 g/mol. The number of hydrogen-bond donors (Lipinski definition) is 2. The minimum atomic E-state index is -0.338. The molecule has 0 aliphatic heterocycles. The van der Waals surface area contributed by atoms with Crippen LogP contribution in [0.15, 0.2) is 79.3 Å². The number of rotatable bonds is 8. The zero-order valence-electron chi connectivity index (χ0n) is 19.2. The van der Waals surface area contributed by atoms with E-state index >= 15 is 0 Å². The molecular formula is C28H22ClFN4O2. The summed E-state index contributed by atoms with van der Waals surface area (Å²) in [7, 11) is 0. The van der Waals surface area contributed by atoms with Crippen LogP contribution in [0, 0.1) is 17.7 Å². The predicted octanol–water partition coefficient (Wildman–Crippen LogP) is 5.41. The largest absolute Gasteiger partial charge is 0.487 e. The van der Waals surface area contributed by atoms with Gasteiger partial charge in [-0.25, -0.2) is 14.4 Å². The quantitative estimate of drug-likeness (QED) is 0.316. The molecule has 0 bridgehead atoms. The van der Waals surface area contributed by atoms with Gasteiger partial charge in [-0.2, -0.15) is 0 Å². The summed E-state index contributed by atoms with van der Waals surface area (Å²) in [6.07, 6.45) is 3.90. The lowest BCUT2D eigenvalue weighted by molar-refractivity contribution is -0.117. The smallest absolute Gasteiger partial charge is 0.217 e. The Balaban J connectivity index is 1.46. The highest BCUT2D eigenvalue weighted by atomic mass is 35.5. The summed E-state index contributed by atoms with van der Waals surface area (Å²) in [5, 5.41) is 3.60. The first-order valence-corrected chi connectivity index (χ1v) is 11.5. The molecule has 8 heteroatoms. The lowest BCUT2D eigenvalue weighted by atomic mass is 10.1. The Labute approximate surface area is 213 Å². The predicted molar refractivity (Wildman–Crippen MR) is 137 cm³/mol. The van der Waals surface area contributed by atoms with Gasteiger partial charge >= 0.3 is 0 Å². The van der Waals surface area contributed by atoms with Gasteiger partial charge in [-0.05, 0) is 60.0 Å². The molecule has 0 saturated carbocycles. The number of primary amides is 1. The summed E-state index contributed by atoms with van der Waals surface area (Å²) in [6, 6.07) is 19.1. The van der Waals surface area contributed by atoms with Gasteiger partial charge in [0.05, 0.1) is 10.6 Å². The van der Waals surface area contributed by atoms with Gasteiger partial charge in [0.15, 0.2) is 0 Å². The Morgan fingerprint density at radius 2 is 1.89 bits per heavy atom. The van der Waals surface area contributed by atoms with E-state index < -0.39 is 0 Å². The Morgan fingerprint density at radius 3 is 2.69 bits per heavy atom. The number of halogens is 2. The topological polar surface area (TPSA) is 90.1 Å². The van der Waals surface area contributed by atoms with E-state index in [2.05, 4.69) is 27.1 Å². The van der Waals surface area contributed by atoms with E-state index in [-0.39, 0.29) is 24.8 Å². The van der Waals surface area contributed by atoms with Gasteiger partial charge in [0.1, 0.15) is 30.3 Å². The standard InChI is InChI=1S/C28H22ClFN4O2/c29-25-15-24(10-11-26(25)36-17-21-5-2-6-23(30)14-21)34-28-22(16-32-18-33-28)9-7-19-3-1-4-20(13-19)8-12-27(31)35/h1-6,10-11,13-16,18H,8,12,17H2,(H2,31,35)(H,32,33,34). The molecular weight excluding hydrogens is 479 g/mol.